The number of nitrogens with zero attached hydrogens (tertiary/aromatic N) is 6. The van der Waals surface area contributed by atoms with Gasteiger partial charge in [0.05, 0.1) is 6.20 Å². The lowest BCUT2D eigenvalue weighted by molar-refractivity contribution is 0.0704. The van der Waals surface area contributed by atoms with E-state index in [-0.39, 0.29) is 11.8 Å². The van der Waals surface area contributed by atoms with E-state index in [4.69, 9.17) is 9.97 Å². The lowest BCUT2D eigenvalue weighted by atomic mass is 9.94. The minimum absolute atomic E-state index is 0.0480. The largest absolute Gasteiger partial charge is 0.352 e. The van der Waals surface area contributed by atoms with Crippen LogP contribution in [0.5, 0.6) is 0 Å². The van der Waals surface area contributed by atoms with Crippen molar-refractivity contribution in [3.8, 4) is 0 Å². The van der Waals surface area contributed by atoms with Crippen molar-refractivity contribution < 1.29 is 4.79 Å². The number of likely N-dealkylation sites (tertiary alicyclic amines) is 1. The maximum atomic E-state index is 12.7. The molecule has 4 heterocycles. The van der Waals surface area contributed by atoms with Crippen molar-refractivity contribution in [2.75, 3.05) is 24.5 Å². The number of carbonyl (C=O) groups excluding carboxylic acids is 1. The van der Waals surface area contributed by atoms with Gasteiger partial charge < -0.3 is 9.80 Å². The van der Waals surface area contributed by atoms with Crippen LogP contribution >= 0.6 is 0 Å². The van der Waals surface area contributed by atoms with E-state index in [1.165, 1.54) is 17.3 Å². The van der Waals surface area contributed by atoms with Gasteiger partial charge in [-0.3, -0.25) is 9.78 Å². The Bertz CT molecular complexity index is 1080. The monoisotopic (exact) mass is 428 g/mol. The Morgan fingerprint density at radius 2 is 1.88 bits per heavy atom. The van der Waals surface area contributed by atoms with Crippen molar-refractivity contribution in [1.82, 2.24) is 24.8 Å². The van der Waals surface area contributed by atoms with Crippen LogP contribution in [0.3, 0.4) is 0 Å². The lowest BCUT2D eigenvalue weighted by Gasteiger charge is -2.34. The number of benzene rings is 1. The summed E-state index contributed by atoms with van der Waals surface area (Å²) in [6.45, 7) is 5.38. The molecular formula is C25H28N6O. The van der Waals surface area contributed by atoms with E-state index in [2.05, 4.69) is 52.1 Å². The molecule has 2 aromatic heterocycles. The number of hydrogen-bond donors (Lipinski definition) is 0. The average molecular weight is 429 g/mol. The van der Waals surface area contributed by atoms with Gasteiger partial charge in [0, 0.05) is 55.7 Å². The van der Waals surface area contributed by atoms with Gasteiger partial charge in [0.15, 0.2) is 0 Å². The molecule has 2 aliphatic rings. The van der Waals surface area contributed by atoms with Gasteiger partial charge in [0.25, 0.3) is 5.91 Å². The van der Waals surface area contributed by atoms with Crippen LogP contribution in [-0.4, -0.2) is 50.4 Å². The molecule has 0 N–H and O–H groups in total. The first-order valence-electron chi connectivity index (χ1n) is 11.4. The molecule has 0 spiro atoms. The topological polar surface area (TPSA) is 75.1 Å². The number of piperidine rings is 1. The van der Waals surface area contributed by atoms with Crippen molar-refractivity contribution in [1.29, 1.82) is 0 Å². The Morgan fingerprint density at radius 3 is 2.62 bits per heavy atom. The molecule has 0 aliphatic carbocycles. The van der Waals surface area contributed by atoms with Crippen LogP contribution in [0.25, 0.3) is 0 Å². The Labute approximate surface area is 188 Å². The average Bonchev–Trinajstić information content (AvgIpc) is 2.85. The molecule has 0 unspecified atom stereocenters. The summed E-state index contributed by atoms with van der Waals surface area (Å²) < 4.78 is 0. The second-order valence-corrected chi connectivity index (χ2v) is 8.64. The summed E-state index contributed by atoms with van der Waals surface area (Å²) in [6, 6.07) is 10.6. The summed E-state index contributed by atoms with van der Waals surface area (Å²) in [6.07, 6.45) is 8.58. The van der Waals surface area contributed by atoms with Gasteiger partial charge in [-0.2, -0.15) is 0 Å². The Kier molecular flexibility index (Phi) is 5.79. The quantitative estimate of drug-likeness (QED) is 0.633. The summed E-state index contributed by atoms with van der Waals surface area (Å²) in [7, 11) is 0. The zero-order valence-corrected chi connectivity index (χ0v) is 18.4. The van der Waals surface area contributed by atoms with Crippen molar-refractivity contribution in [2.24, 2.45) is 0 Å². The normalized spacial score (nSPS) is 16.7. The second-order valence-electron chi connectivity index (χ2n) is 8.64. The van der Waals surface area contributed by atoms with E-state index in [1.807, 2.05) is 4.90 Å². The first kappa shape index (κ1) is 20.5. The smallest absolute Gasteiger partial charge is 0.274 e. The number of hydrogen-bond acceptors (Lipinski definition) is 6. The fraction of sp³-hybridized carbons (Fsp3) is 0.400. The van der Waals surface area contributed by atoms with Crippen LogP contribution in [-0.2, 0) is 13.0 Å². The van der Waals surface area contributed by atoms with Crippen molar-refractivity contribution in [2.45, 2.75) is 45.1 Å². The zero-order chi connectivity index (χ0) is 21.9. The Balaban J connectivity index is 1.32. The molecular weight excluding hydrogens is 400 g/mol. The van der Waals surface area contributed by atoms with E-state index in [9.17, 15) is 4.79 Å². The van der Waals surface area contributed by atoms with Gasteiger partial charge in [-0.05, 0) is 38.2 Å². The highest BCUT2D eigenvalue weighted by molar-refractivity contribution is 5.92. The van der Waals surface area contributed by atoms with Gasteiger partial charge >= 0.3 is 0 Å². The standard InChI is InChI=1S/C25H28N6O/c1-18-21-8-5-13-31(17-19-6-3-2-4-7-19)24(21)29-23(28-18)20-9-14-30(15-10-20)25(32)22-16-26-11-12-27-22/h2-4,6-7,11-12,16,20H,5,8-10,13-15,17H2,1H3. The van der Waals surface area contributed by atoms with Crippen LogP contribution in [0.2, 0.25) is 0 Å². The number of fused-ring (bicyclic) bond motifs is 1. The minimum Gasteiger partial charge on any atom is -0.352 e. The molecule has 0 radical (unpaired) electrons. The fourth-order valence-corrected chi connectivity index (χ4v) is 4.76. The van der Waals surface area contributed by atoms with E-state index in [0.29, 0.717) is 18.8 Å². The van der Waals surface area contributed by atoms with Crippen LogP contribution in [0.1, 0.15) is 58.3 Å². The molecule has 7 nitrogen and oxygen atoms in total. The van der Waals surface area contributed by atoms with Gasteiger partial charge in [-0.15, -0.1) is 0 Å². The number of aryl methyl sites for hydroxylation is 1. The Morgan fingerprint density at radius 1 is 1.06 bits per heavy atom. The molecule has 0 atom stereocenters. The highest BCUT2D eigenvalue weighted by atomic mass is 16.2. The lowest BCUT2D eigenvalue weighted by Crippen LogP contribution is -2.39. The number of amides is 1. The van der Waals surface area contributed by atoms with Gasteiger partial charge in [0.2, 0.25) is 0 Å². The third kappa shape index (κ3) is 4.20. The molecule has 0 saturated carbocycles. The predicted molar refractivity (Wildman–Crippen MR) is 122 cm³/mol. The SMILES string of the molecule is Cc1nc(C2CCN(C(=O)c3cnccn3)CC2)nc2c1CCCN2Cc1ccccc1. The molecule has 0 bridgehead atoms. The molecule has 7 heteroatoms. The van der Waals surface area contributed by atoms with Gasteiger partial charge in [-0.1, -0.05) is 30.3 Å². The number of anilines is 1. The van der Waals surface area contributed by atoms with Gasteiger partial charge in [-0.25, -0.2) is 15.0 Å². The number of carbonyl (C=O) groups is 1. The highest BCUT2D eigenvalue weighted by Gasteiger charge is 2.29. The maximum Gasteiger partial charge on any atom is 0.274 e. The van der Waals surface area contributed by atoms with E-state index in [1.54, 1.807) is 12.4 Å². The summed E-state index contributed by atoms with van der Waals surface area (Å²) in [5.74, 6) is 2.24. The summed E-state index contributed by atoms with van der Waals surface area (Å²) in [5.41, 5.74) is 4.09. The molecule has 1 amide bonds. The molecule has 32 heavy (non-hydrogen) atoms. The van der Waals surface area contributed by atoms with E-state index >= 15 is 0 Å². The highest BCUT2D eigenvalue weighted by Crippen LogP contribution is 2.33. The zero-order valence-electron chi connectivity index (χ0n) is 18.4. The predicted octanol–water partition coefficient (Wildman–Crippen LogP) is 3.55. The van der Waals surface area contributed by atoms with Crippen LogP contribution < -0.4 is 4.90 Å². The van der Waals surface area contributed by atoms with Crippen molar-refractivity contribution in [3.63, 3.8) is 0 Å². The first-order chi connectivity index (χ1) is 15.7. The van der Waals surface area contributed by atoms with Gasteiger partial charge in [0.1, 0.15) is 17.3 Å². The first-order valence-corrected chi connectivity index (χ1v) is 11.4. The van der Waals surface area contributed by atoms with Crippen molar-refractivity contribution >= 4 is 11.7 Å². The molecule has 3 aromatic rings. The van der Waals surface area contributed by atoms with Crippen molar-refractivity contribution in [3.05, 3.63) is 77.3 Å². The second kappa shape index (κ2) is 9.02. The van der Waals surface area contributed by atoms with Crippen LogP contribution in [0.4, 0.5) is 5.82 Å². The third-order valence-corrected chi connectivity index (χ3v) is 6.51. The maximum absolute atomic E-state index is 12.7. The molecule has 5 rings (SSSR count). The molecule has 2 aliphatic heterocycles. The van der Waals surface area contributed by atoms with E-state index < -0.39 is 0 Å². The Hall–Kier alpha value is -3.35. The molecule has 164 valence electrons. The summed E-state index contributed by atoms with van der Waals surface area (Å²) in [5, 5.41) is 0. The number of aromatic nitrogens is 4. The third-order valence-electron chi connectivity index (χ3n) is 6.51. The number of rotatable bonds is 4. The fourth-order valence-electron chi connectivity index (χ4n) is 4.76. The molecule has 1 aromatic carbocycles. The molecule has 1 saturated heterocycles. The summed E-state index contributed by atoms with van der Waals surface area (Å²) >= 11 is 0. The summed E-state index contributed by atoms with van der Waals surface area (Å²) in [4.78, 5) is 35.1. The molecule has 1 fully saturated rings. The van der Waals surface area contributed by atoms with Crippen LogP contribution in [0.15, 0.2) is 48.9 Å². The van der Waals surface area contributed by atoms with E-state index in [0.717, 1.165) is 56.1 Å². The van der Waals surface area contributed by atoms with Crippen LogP contribution in [0, 0.1) is 6.92 Å². The minimum atomic E-state index is -0.0480.